The highest BCUT2D eigenvalue weighted by molar-refractivity contribution is 6.09. The Morgan fingerprint density at radius 2 is 1.69 bits per heavy atom. The molecule has 0 aliphatic carbocycles. The third-order valence-electron chi connectivity index (χ3n) is 5.28. The molecule has 4 heteroatoms. The molecule has 1 N–H and O–H groups in total. The molecule has 0 saturated carbocycles. The Kier molecular flexibility index (Phi) is 4.86. The van der Waals surface area contributed by atoms with Crippen LogP contribution >= 0.6 is 0 Å². The topological polar surface area (TPSA) is 49.4 Å². The Balaban J connectivity index is 1.73. The molecule has 1 heterocycles. The highest BCUT2D eigenvalue weighted by Crippen LogP contribution is 2.27. The van der Waals surface area contributed by atoms with E-state index < -0.39 is 5.41 Å². The summed E-state index contributed by atoms with van der Waals surface area (Å²) >= 11 is 0. The van der Waals surface area contributed by atoms with Crippen molar-refractivity contribution in [1.82, 2.24) is 4.90 Å². The van der Waals surface area contributed by atoms with Gasteiger partial charge in [-0.3, -0.25) is 9.59 Å². The second-order valence-electron chi connectivity index (χ2n) is 7.62. The first-order chi connectivity index (χ1) is 12.3. The van der Waals surface area contributed by atoms with Crippen molar-refractivity contribution in [3.63, 3.8) is 0 Å². The smallest absolute Gasteiger partial charge is 0.239 e. The number of benzene rings is 2. The van der Waals surface area contributed by atoms with E-state index in [4.69, 9.17) is 0 Å². The summed E-state index contributed by atoms with van der Waals surface area (Å²) in [5.41, 5.74) is 4.34. The molecule has 2 aromatic rings. The predicted octanol–water partition coefficient (Wildman–Crippen LogP) is 3.85. The maximum atomic E-state index is 13.0. The zero-order valence-electron chi connectivity index (χ0n) is 15.9. The number of carbonyl (C=O) groups excluding carboxylic acids is 2. The third-order valence-corrected chi connectivity index (χ3v) is 5.28. The first-order valence-corrected chi connectivity index (χ1v) is 9.04. The van der Waals surface area contributed by atoms with Crippen molar-refractivity contribution in [2.24, 2.45) is 5.41 Å². The lowest BCUT2D eigenvalue weighted by molar-refractivity contribution is -0.147. The van der Waals surface area contributed by atoms with E-state index in [0.717, 1.165) is 23.2 Å². The van der Waals surface area contributed by atoms with Gasteiger partial charge in [-0.1, -0.05) is 30.3 Å². The maximum absolute atomic E-state index is 13.0. The summed E-state index contributed by atoms with van der Waals surface area (Å²) in [6, 6.07) is 14.0. The molecule has 0 radical (unpaired) electrons. The van der Waals surface area contributed by atoms with Crippen molar-refractivity contribution < 1.29 is 9.59 Å². The lowest BCUT2D eigenvalue weighted by Gasteiger charge is -2.34. The lowest BCUT2D eigenvalue weighted by atomic mass is 9.88. The van der Waals surface area contributed by atoms with Crippen LogP contribution in [0.4, 0.5) is 5.69 Å². The SMILES string of the molecule is Cc1ccc(NC(=O)C(C)(C)C(=O)N2CCc3ccccc3C2)cc1C. The Morgan fingerprint density at radius 3 is 2.38 bits per heavy atom. The number of carbonyl (C=O) groups is 2. The van der Waals surface area contributed by atoms with E-state index in [1.54, 1.807) is 18.7 Å². The van der Waals surface area contributed by atoms with Gasteiger partial charge >= 0.3 is 0 Å². The van der Waals surface area contributed by atoms with Crippen LogP contribution in [0.3, 0.4) is 0 Å². The van der Waals surface area contributed by atoms with Crippen molar-refractivity contribution in [3.05, 3.63) is 64.7 Å². The van der Waals surface area contributed by atoms with Crippen LogP contribution in [0.15, 0.2) is 42.5 Å². The zero-order chi connectivity index (χ0) is 18.9. The minimum absolute atomic E-state index is 0.131. The summed E-state index contributed by atoms with van der Waals surface area (Å²) in [6.07, 6.45) is 0.830. The number of anilines is 1. The summed E-state index contributed by atoms with van der Waals surface area (Å²) in [5, 5.41) is 2.90. The van der Waals surface area contributed by atoms with Gasteiger partial charge in [-0.05, 0) is 68.5 Å². The van der Waals surface area contributed by atoms with Crippen molar-refractivity contribution in [2.75, 3.05) is 11.9 Å². The zero-order valence-corrected chi connectivity index (χ0v) is 15.9. The van der Waals surface area contributed by atoms with Crippen LogP contribution in [0.2, 0.25) is 0 Å². The number of rotatable bonds is 3. The van der Waals surface area contributed by atoms with Gasteiger partial charge < -0.3 is 10.2 Å². The number of nitrogens with one attached hydrogen (secondary N) is 1. The molecule has 0 fully saturated rings. The summed E-state index contributed by atoms with van der Waals surface area (Å²) in [4.78, 5) is 27.6. The minimum atomic E-state index is -1.12. The fraction of sp³-hybridized carbons (Fsp3) is 0.364. The molecule has 26 heavy (non-hydrogen) atoms. The van der Waals surface area contributed by atoms with Crippen LogP contribution in [0.25, 0.3) is 0 Å². The fourth-order valence-corrected chi connectivity index (χ4v) is 3.27. The monoisotopic (exact) mass is 350 g/mol. The van der Waals surface area contributed by atoms with Crippen LogP contribution in [0, 0.1) is 19.3 Å². The van der Waals surface area contributed by atoms with Gasteiger partial charge in [0.25, 0.3) is 0 Å². The molecule has 4 nitrogen and oxygen atoms in total. The highest BCUT2D eigenvalue weighted by atomic mass is 16.2. The standard InChI is InChI=1S/C22H26N2O2/c1-15-9-10-19(13-16(15)2)23-20(25)22(3,4)21(26)24-12-11-17-7-5-6-8-18(17)14-24/h5-10,13H,11-12,14H2,1-4H3,(H,23,25). The van der Waals surface area contributed by atoms with Crippen molar-refractivity contribution >= 4 is 17.5 Å². The molecule has 3 rings (SSSR count). The summed E-state index contributed by atoms with van der Waals surface area (Å²) < 4.78 is 0. The van der Waals surface area contributed by atoms with Gasteiger partial charge in [-0.25, -0.2) is 0 Å². The Morgan fingerprint density at radius 1 is 1.00 bits per heavy atom. The quantitative estimate of drug-likeness (QED) is 0.855. The molecule has 0 bridgehead atoms. The second kappa shape index (κ2) is 6.94. The number of hydrogen-bond donors (Lipinski definition) is 1. The Bertz CT molecular complexity index is 855. The van der Waals surface area contributed by atoms with Gasteiger partial charge in [0.05, 0.1) is 0 Å². The maximum Gasteiger partial charge on any atom is 0.239 e. The number of amides is 2. The molecule has 2 amide bonds. The number of hydrogen-bond acceptors (Lipinski definition) is 2. The number of aryl methyl sites for hydroxylation is 2. The highest BCUT2D eigenvalue weighted by Gasteiger charge is 2.40. The molecule has 0 atom stereocenters. The minimum Gasteiger partial charge on any atom is -0.337 e. The summed E-state index contributed by atoms with van der Waals surface area (Å²) in [7, 11) is 0. The van der Waals surface area contributed by atoms with E-state index in [1.807, 2.05) is 44.2 Å². The average molecular weight is 350 g/mol. The predicted molar refractivity (Wildman–Crippen MR) is 104 cm³/mol. The Hall–Kier alpha value is -2.62. The van der Waals surface area contributed by atoms with Gasteiger partial charge in [-0.2, -0.15) is 0 Å². The molecular formula is C22H26N2O2. The second-order valence-corrected chi connectivity index (χ2v) is 7.62. The van der Waals surface area contributed by atoms with Crippen LogP contribution in [0.5, 0.6) is 0 Å². The van der Waals surface area contributed by atoms with Crippen molar-refractivity contribution in [3.8, 4) is 0 Å². The van der Waals surface area contributed by atoms with Crippen molar-refractivity contribution in [1.29, 1.82) is 0 Å². The van der Waals surface area contributed by atoms with E-state index in [2.05, 4.69) is 17.4 Å². The largest absolute Gasteiger partial charge is 0.337 e. The molecule has 0 unspecified atom stereocenters. The first-order valence-electron chi connectivity index (χ1n) is 9.04. The first kappa shape index (κ1) is 18.2. The fourth-order valence-electron chi connectivity index (χ4n) is 3.27. The van der Waals surface area contributed by atoms with E-state index in [0.29, 0.717) is 13.1 Å². The molecule has 0 saturated heterocycles. The lowest BCUT2D eigenvalue weighted by Crippen LogP contribution is -2.48. The summed E-state index contributed by atoms with van der Waals surface area (Å²) in [5.74, 6) is -0.405. The van der Waals surface area contributed by atoms with Crippen LogP contribution in [-0.4, -0.2) is 23.3 Å². The van der Waals surface area contributed by atoms with Gasteiger partial charge in [-0.15, -0.1) is 0 Å². The van der Waals surface area contributed by atoms with Crippen LogP contribution in [0.1, 0.15) is 36.1 Å². The molecule has 1 aliphatic heterocycles. The molecular weight excluding hydrogens is 324 g/mol. The number of nitrogens with zero attached hydrogens (tertiary/aromatic N) is 1. The van der Waals surface area contributed by atoms with Gasteiger partial charge in [0.2, 0.25) is 11.8 Å². The Labute approximate surface area is 155 Å². The normalized spacial score (nSPS) is 13.9. The van der Waals surface area contributed by atoms with Gasteiger partial charge in [0.1, 0.15) is 5.41 Å². The van der Waals surface area contributed by atoms with Gasteiger partial charge in [0, 0.05) is 18.8 Å². The number of fused-ring (bicyclic) bond motifs is 1. The van der Waals surface area contributed by atoms with Crippen molar-refractivity contribution in [2.45, 2.75) is 40.7 Å². The van der Waals surface area contributed by atoms with Crippen LogP contribution in [-0.2, 0) is 22.6 Å². The van der Waals surface area contributed by atoms with E-state index >= 15 is 0 Å². The molecule has 0 aromatic heterocycles. The molecule has 136 valence electrons. The third kappa shape index (κ3) is 3.50. The summed E-state index contributed by atoms with van der Waals surface area (Å²) in [6.45, 7) is 8.65. The van der Waals surface area contributed by atoms with Gasteiger partial charge in [0.15, 0.2) is 0 Å². The molecule has 1 aliphatic rings. The molecule has 0 spiro atoms. The average Bonchev–Trinajstić information content (AvgIpc) is 2.63. The van der Waals surface area contributed by atoms with E-state index in [-0.39, 0.29) is 11.8 Å². The van der Waals surface area contributed by atoms with Crippen LogP contribution < -0.4 is 5.32 Å². The van der Waals surface area contributed by atoms with E-state index in [9.17, 15) is 9.59 Å². The van der Waals surface area contributed by atoms with E-state index in [1.165, 1.54) is 11.1 Å². The molecule has 2 aromatic carbocycles.